The standard InChI is InChI=1S/C18H21N5OS/c1-4-8-22(11-16-7-5-6-15(9-16)10-19)17(24)12-25-18-21-20-13-23(18)14(2)3/h4-7,9,13-14H,1,8,11-12H2,2-3H3. The minimum Gasteiger partial charge on any atom is -0.334 e. The Morgan fingerprint density at radius 1 is 1.52 bits per heavy atom. The lowest BCUT2D eigenvalue weighted by atomic mass is 10.1. The number of nitrogens with zero attached hydrogens (tertiary/aromatic N) is 5. The van der Waals surface area contributed by atoms with Crippen LogP contribution in [0.4, 0.5) is 0 Å². The van der Waals surface area contributed by atoms with Crippen LogP contribution >= 0.6 is 11.8 Å². The molecule has 0 saturated heterocycles. The van der Waals surface area contributed by atoms with Crippen molar-refractivity contribution in [1.82, 2.24) is 19.7 Å². The van der Waals surface area contributed by atoms with Gasteiger partial charge in [-0.1, -0.05) is 30.0 Å². The van der Waals surface area contributed by atoms with Crippen molar-refractivity contribution in [3.63, 3.8) is 0 Å². The zero-order chi connectivity index (χ0) is 18.2. The van der Waals surface area contributed by atoms with E-state index in [1.54, 1.807) is 29.4 Å². The molecule has 0 aliphatic rings. The molecule has 1 amide bonds. The molecule has 0 aliphatic heterocycles. The van der Waals surface area contributed by atoms with E-state index in [4.69, 9.17) is 5.26 Å². The summed E-state index contributed by atoms with van der Waals surface area (Å²) in [4.78, 5) is 14.3. The van der Waals surface area contributed by atoms with Gasteiger partial charge in [-0.25, -0.2) is 0 Å². The second-order valence-electron chi connectivity index (χ2n) is 5.78. The van der Waals surface area contributed by atoms with Crippen LogP contribution < -0.4 is 0 Å². The Morgan fingerprint density at radius 2 is 2.32 bits per heavy atom. The van der Waals surface area contributed by atoms with Crippen molar-refractivity contribution in [3.05, 3.63) is 54.4 Å². The summed E-state index contributed by atoms with van der Waals surface area (Å²) in [6, 6.07) is 9.64. The first-order valence-corrected chi connectivity index (χ1v) is 8.93. The number of nitriles is 1. The number of carbonyl (C=O) groups excluding carboxylic acids is 1. The van der Waals surface area contributed by atoms with Crippen LogP contribution in [0.5, 0.6) is 0 Å². The lowest BCUT2D eigenvalue weighted by Gasteiger charge is -2.21. The van der Waals surface area contributed by atoms with Crippen LogP contribution in [0, 0.1) is 11.3 Å². The highest BCUT2D eigenvalue weighted by Crippen LogP contribution is 2.19. The van der Waals surface area contributed by atoms with Crippen LogP contribution in [0.15, 0.2) is 48.4 Å². The highest BCUT2D eigenvalue weighted by atomic mass is 32.2. The van der Waals surface area contributed by atoms with Gasteiger partial charge in [-0.05, 0) is 31.5 Å². The quantitative estimate of drug-likeness (QED) is 0.537. The van der Waals surface area contributed by atoms with Gasteiger partial charge in [-0.2, -0.15) is 5.26 Å². The van der Waals surface area contributed by atoms with Crippen molar-refractivity contribution >= 4 is 17.7 Å². The number of hydrogen-bond donors (Lipinski definition) is 0. The van der Waals surface area contributed by atoms with Gasteiger partial charge in [0.1, 0.15) is 6.33 Å². The highest BCUT2D eigenvalue weighted by molar-refractivity contribution is 7.99. The fraction of sp³-hybridized carbons (Fsp3) is 0.333. The summed E-state index contributed by atoms with van der Waals surface area (Å²) < 4.78 is 1.94. The summed E-state index contributed by atoms with van der Waals surface area (Å²) in [7, 11) is 0. The number of rotatable bonds is 8. The summed E-state index contributed by atoms with van der Waals surface area (Å²) in [5.41, 5.74) is 1.51. The van der Waals surface area contributed by atoms with Crippen molar-refractivity contribution in [2.24, 2.45) is 0 Å². The van der Waals surface area contributed by atoms with E-state index in [0.29, 0.717) is 18.7 Å². The van der Waals surface area contributed by atoms with E-state index in [1.807, 2.05) is 30.5 Å². The molecule has 7 heteroatoms. The molecular weight excluding hydrogens is 334 g/mol. The van der Waals surface area contributed by atoms with Gasteiger partial charge in [-0.15, -0.1) is 16.8 Å². The fourth-order valence-electron chi connectivity index (χ4n) is 2.28. The van der Waals surface area contributed by atoms with Crippen LogP contribution in [0.3, 0.4) is 0 Å². The average molecular weight is 355 g/mol. The zero-order valence-electron chi connectivity index (χ0n) is 14.4. The van der Waals surface area contributed by atoms with Crippen LogP contribution in [-0.2, 0) is 11.3 Å². The number of aromatic nitrogens is 3. The molecule has 0 fully saturated rings. The molecule has 0 N–H and O–H groups in total. The van der Waals surface area contributed by atoms with Crippen molar-refractivity contribution in [3.8, 4) is 6.07 Å². The third-order valence-electron chi connectivity index (χ3n) is 3.55. The number of amides is 1. The summed E-state index contributed by atoms with van der Waals surface area (Å²) in [6.45, 7) is 8.71. The van der Waals surface area contributed by atoms with Gasteiger partial charge in [0.25, 0.3) is 0 Å². The maximum atomic E-state index is 12.6. The van der Waals surface area contributed by atoms with Gasteiger partial charge in [-0.3, -0.25) is 4.79 Å². The van der Waals surface area contributed by atoms with E-state index in [2.05, 4.69) is 22.8 Å². The van der Waals surface area contributed by atoms with Crippen molar-refractivity contribution in [2.75, 3.05) is 12.3 Å². The summed E-state index contributed by atoms with van der Waals surface area (Å²) in [5, 5.41) is 17.7. The predicted octanol–water partition coefficient (Wildman–Crippen LogP) is 3.04. The lowest BCUT2D eigenvalue weighted by Crippen LogP contribution is -2.32. The highest BCUT2D eigenvalue weighted by Gasteiger charge is 2.16. The van der Waals surface area contributed by atoms with Crippen molar-refractivity contribution in [2.45, 2.75) is 31.6 Å². The first-order chi connectivity index (χ1) is 12.0. The molecule has 0 spiro atoms. The molecule has 0 unspecified atom stereocenters. The SMILES string of the molecule is C=CCN(Cc1cccc(C#N)c1)C(=O)CSc1nncn1C(C)C. The molecule has 130 valence electrons. The smallest absolute Gasteiger partial charge is 0.233 e. The minimum atomic E-state index is -0.00873. The first-order valence-electron chi connectivity index (χ1n) is 7.95. The fourth-order valence-corrected chi connectivity index (χ4v) is 3.22. The van der Waals surface area contributed by atoms with Crippen molar-refractivity contribution in [1.29, 1.82) is 5.26 Å². The van der Waals surface area contributed by atoms with E-state index in [9.17, 15) is 4.79 Å². The topological polar surface area (TPSA) is 74.8 Å². The van der Waals surface area contributed by atoms with E-state index < -0.39 is 0 Å². The molecule has 1 heterocycles. The van der Waals surface area contributed by atoms with Crippen molar-refractivity contribution < 1.29 is 4.79 Å². The van der Waals surface area contributed by atoms with Gasteiger partial charge < -0.3 is 9.47 Å². The molecule has 0 saturated carbocycles. The maximum absolute atomic E-state index is 12.6. The summed E-state index contributed by atoms with van der Waals surface area (Å²) in [6.07, 6.45) is 3.37. The second-order valence-corrected chi connectivity index (χ2v) is 6.72. The van der Waals surface area contributed by atoms with Gasteiger partial charge in [0.05, 0.1) is 17.4 Å². The molecule has 0 radical (unpaired) electrons. The molecule has 6 nitrogen and oxygen atoms in total. The first kappa shape index (κ1) is 18.7. The summed E-state index contributed by atoms with van der Waals surface area (Å²) in [5.74, 6) is 0.266. The molecule has 1 aromatic heterocycles. The molecule has 2 rings (SSSR count). The Hall–Kier alpha value is -2.59. The number of thioether (sulfide) groups is 1. The zero-order valence-corrected chi connectivity index (χ0v) is 15.2. The monoisotopic (exact) mass is 355 g/mol. The van der Waals surface area contributed by atoms with E-state index in [-0.39, 0.29) is 17.7 Å². The Labute approximate surface area is 152 Å². The third-order valence-corrected chi connectivity index (χ3v) is 4.49. The Balaban J connectivity index is 2.03. The van der Waals surface area contributed by atoms with Gasteiger partial charge in [0, 0.05) is 19.1 Å². The van der Waals surface area contributed by atoms with Gasteiger partial charge in [0.2, 0.25) is 5.91 Å². The molecule has 0 atom stereocenters. The average Bonchev–Trinajstić information content (AvgIpc) is 3.08. The van der Waals surface area contributed by atoms with E-state index in [1.165, 1.54) is 11.8 Å². The van der Waals surface area contributed by atoms with Crippen LogP contribution in [0.1, 0.15) is 31.0 Å². The normalized spacial score (nSPS) is 10.5. The number of hydrogen-bond acceptors (Lipinski definition) is 5. The Bertz CT molecular complexity index is 778. The largest absolute Gasteiger partial charge is 0.334 e. The van der Waals surface area contributed by atoms with Gasteiger partial charge >= 0.3 is 0 Å². The third kappa shape index (κ3) is 5.19. The molecule has 0 aliphatic carbocycles. The lowest BCUT2D eigenvalue weighted by molar-refractivity contribution is -0.128. The van der Waals surface area contributed by atoms with Crippen LogP contribution in [0.2, 0.25) is 0 Å². The summed E-state index contributed by atoms with van der Waals surface area (Å²) >= 11 is 1.37. The van der Waals surface area contributed by atoms with Crippen LogP contribution in [0.25, 0.3) is 0 Å². The molecule has 2 aromatic rings. The second kappa shape index (κ2) is 9.04. The molecule has 0 bridgehead atoms. The van der Waals surface area contributed by atoms with E-state index in [0.717, 1.165) is 10.7 Å². The molecular formula is C18H21N5OS. The maximum Gasteiger partial charge on any atom is 0.233 e. The van der Waals surface area contributed by atoms with E-state index >= 15 is 0 Å². The Kier molecular flexibility index (Phi) is 6.78. The minimum absolute atomic E-state index is 0.00873. The molecule has 25 heavy (non-hydrogen) atoms. The number of carbonyl (C=O) groups is 1. The predicted molar refractivity (Wildman–Crippen MR) is 97.9 cm³/mol. The van der Waals surface area contributed by atoms with Gasteiger partial charge in [0.15, 0.2) is 5.16 Å². The number of benzene rings is 1. The van der Waals surface area contributed by atoms with Crippen LogP contribution in [-0.4, -0.2) is 37.9 Å². The molecule has 1 aromatic carbocycles. The Morgan fingerprint density at radius 3 is 3.00 bits per heavy atom.